The minimum atomic E-state index is -0.0814. The van der Waals surface area contributed by atoms with E-state index in [4.69, 9.17) is 0 Å². The van der Waals surface area contributed by atoms with Crippen LogP contribution < -0.4 is 21.3 Å². The summed E-state index contributed by atoms with van der Waals surface area (Å²) in [5.74, 6) is -0.155. The standard InChI is InChI=1S/C15H28N4O2/c1-2-16-5-6-17-7-8-18-9-10-19-12-13-3-4-14(20)15(21)11-13/h3-4,11,16-21H,2,5-10,12H2,1H3. The van der Waals surface area contributed by atoms with E-state index in [1.54, 1.807) is 12.1 Å². The van der Waals surface area contributed by atoms with Crippen molar-refractivity contribution in [2.24, 2.45) is 0 Å². The van der Waals surface area contributed by atoms with Crippen molar-refractivity contribution in [1.29, 1.82) is 0 Å². The average Bonchev–Trinajstić information content (AvgIpc) is 2.48. The van der Waals surface area contributed by atoms with E-state index in [0.717, 1.165) is 51.4 Å². The maximum Gasteiger partial charge on any atom is 0.157 e. The van der Waals surface area contributed by atoms with Gasteiger partial charge >= 0.3 is 0 Å². The van der Waals surface area contributed by atoms with E-state index in [-0.39, 0.29) is 11.5 Å². The second-order valence-corrected chi connectivity index (χ2v) is 4.85. The van der Waals surface area contributed by atoms with Crippen molar-refractivity contribution in [3.63, 3.8) is 0 Å². The first-order chi connectivity index (χ1) is 10.2. The van der Waals surface area contributed by atoms with Gasteiger partial charge in [0, 0.05) is 45.8 Å². The summed E-state index contributed by atoms with van der Waals surface area (Å²) in [6.45, 7) is 9.49. The van der Waals surface area contributed by atoms with Crippen molar-refractivity contribution in [3.8, 4) is 11.5 Å². The van der Waals surface area contributed by atoms with Crippen LogP contribution in [0.1, 0.15) is 12.5 Å². The van der Waals surface area contributed by atoms with Gasteiger partial charge in [-0.05, 0) is 24.2 Å². The molecule has 0 aliphatic carbocycles. The zero-order valence-electron chi connectivity index (χ0n) is 12.8. The molecule has 0 radical (unpaired) electrons. The summed E-state index contributed by atoms with van der Waals surface area (Å²) in [7, 11) is 0. The molecule has 1 aromatic carbocycles. The molecular formula is C15H28N4O2. The predicted molar refractivity (Wildman–Crippen MR) is 85.8 cm³/mol. The second kappa shape index (κ2) is 11.3. The van der Waals surface area contributed by atoms with Gasteiger partial charge in [0.05, 0.1) is 0 Å². The van der Waals surface area contributed by atoms with Gasteiger partial charge in [-0.1, -0.05) is 13.0 Å². The monoisotopic (exact) mass is 296 g/mol. The van der Waals surface area contributed by atoms with Gasteiger partial charge in [-0.3, -0.25) is 0 Å². The van der Waals surface area contributed by atoms with Crippen molar-refractivity contribution in [2.45, 2.75) is 13.5 Å². The highest BCUT2D eigenvalue weighted by Crippen LogP contribution is 2.24. The third-order valence-electron chi connectivity index (χ3n) is 3.05. The molecule has 21 heavy (non-hydrogen) atoms. The van der Waals surface area contributed by atoms with E-state index in [1.807, 2.05) is 0 Å². The Morgan fingerprint density at radius 3 is 1.90 bits per heavy atom. The molecule has 0 heterocycles. The fourth-order valence-electron chi connectivity index (χ4n) is 1.87. The maximum absolute atomic E-state index is 9.38. The lowest BCUT2D eigenvalue weighted by Gasteiger charge is -2.08. The number of nitrogens with one attached hydrogen (secondary N) is 4. The summed E-state index contributed by atoms with van der Waals surface area (Å²) in [6.07, 6.45) is 0. The molecule has 0 aliphatic rings. The summed E-state index contributed by atoms with van der Waals surface area (Å²) < 4.78 is 0. The van der Waals surface area contributed by atoms with Crippen LogP contribution in [-0.4, -0.2) is 56.0 Å². The largest absolute Gasteiger partial charge is 0.504 e. The molecule has 0 saturated heterocycles. The fraction of sp³-hybridized carbons (Fsp3) is 0.600. The Hall–Kier alpha value is -1.34. The Morgan fingerprint density at radius 2 is 1.33 bits per heavy atom. The first-order valence-electron chi connectivity index (χ1n) is 7.57. The maximum atomic E-state index is 9.38. The number of hydrogen-bond acceptors (Lipinski definition) is 6. The smallest absolute Gasteiger partial charge is 0.157 e. The first kappa shape index (κ1) is 17.7. The number of rotatable bonds is 12. The van der Waals surface area contributed by atoms with Crippen molar-refractivity contribution < 1.29 is 10.2 Å². The molecule has 0 aliphatic heterocycles. The second-order valence-electron chi connectivity index (χ2n) is 4.85. The number of phenolic OH excluding ortho intramolecular Hbond substituents is 2. The third kappa shape index (κ3) is 8.52. The highest BCUT2D eigenvalue weighted by Gasteiger charge is 1.99. The lowest BCUT2D eigenvalue weighted by molar-refractivity contribution is 0.403. The Morgan fingerprint density at radius 1 is 0.762 bits per heavy atom. The molecule has 1 aromatic rings. The minimum Gasteiger partial charge on any atom is -0.504 e. The average molecular weight is 296 g/mol. The fourth-order valence-corrected chi connectivity index (χ4v) is 1.87. The van der Waals surface area contributed by atoms with E-state index >= 15 is 0 Å². The van der Waals surface area contributed by atoms with Crippen LogP contribution in [0, 0.1) is 0 Å². The molecule has 0 atom stereocenters. The molecule has 0 unspecified atom stereocenters. The molecular weight excluding hydrogens is 268 g/mol. The van der Waals surface area contributed by atoms with Gasteiger partial charge in [-0.15, -0.1) is 0 Å². The molecule has 1 rings (SSSR count). The Balaban J connectivity index is 1.91. The van der Waals surface area contributed by atoms with Crippen molar-refractivity contribution in [2.75, 3.05) is 45.8 Å². The van der Waals surface area contributed by atoms with E-state index in [9.17, 15) is 10.2 Å². The van der Waals surface area contributed by atoms with Gasteiger partial charge in [0.25, 0.3) is 0 Å². The van der Waals surface area contributed by atoms with Crippen LogP contribution in [0.2, 0.25) is 0 Å². The van der Waals surface area contributed by atoms with Crippen LogP contribution in [0.3, 0.4) is 0 Å². The zero-order valence-corrected chi connectivity index (χ0v) is 12.8. The highest BCUT2D eigenvalue weighted by molar-refractivity contribution is 5.40. The number of aromatic hydroxyl groups is 2. The van der Waals surface area contributed by atoms with Crippen LogP contribution in [-0.2, 0) is 6.54 Å². The highest BCUT2D eigenvalue weighted by atomic mass is 16.3. The topological polar surface area (TPSA) is 88.6 Å². The normalized spacial score (nSPS) is 10.9. The molecule has 0 bridgehead atoms. The van der Waals surface area contributed by atoms with E-state index in [2.05, 4.69) is 28.2 Å². The van der Waals surface area contributed by atoms with Gasteiger partial charge in [0.1, 0.15) is 0 Å². The van der Waals surface area contributed by atoms with Crippen LogP contribution >= 0.6 is 0 Å². The summed E-state index contributed by atoms with van der Waals surface area (Å²) in [5, 5.41) is 31.8. The summed E-state index contributed by atoms with van der Waals surface area (Å²) in [5.41, 5.74) is 0.954. The van der Waals surface area contributed by atoms with Gasteiger partial charge < -0.3 is 31.5 Å². The first-order valence-corrected chi connectivity index (χ1v) is 7.57. The number of likely N-dealkylation sites (N-methyl/N-ethyl adjacent to an activating group) is 1. The van der Waals surface area contributed by atoms with Crippen molar-refractivity contribution >= 4 is 0 Å². The zero-order chi connectivity index (χ0) is 15.3. The lowest BCUT2D eigenvalue weighted by atomic mass is 10.2. The molecule has 0 saturated carbocycles. The quantitative estimate of drug-likeness (QED) is 0.240. The summed E-state index contributed by atoms with van der Waals surface area (Å²) in [4.78, 5) is 0. The minimum absolute atomic E-state index is 0.0731. The van der Waals surface area contributed by atoms with Crippen LogP contribution in [0.4, 0.5) is 0 Å². The summed E-state index contributed by atoms with van der Waals surface area (Å²) >= 11 is 0. The Labute approximate surface area is 127 Å². The van der Waals surface area contributed by atoms with Gasteiger partial charge in [-0.2, -0.15) is 0 Å². The van der Waals surface area contributed by atoms with Crippen molar-refractivity contribution in [3.05, 3.63) is 23.8 Å². The van der Waals surface area contributed by atoms with E-state index in [1.165, 1.54) is 6.07 Å². The van der Waals surface area contributed by atoms with E-state index < -0.39 is 0 Å². The molecule has 0 aromatic heterocycles. The van der Waals surface area contributed by atoms with Gasteiger partial charge in [0.2, 0.25) is 0 Å². The lowest BCUT2D eigenvalue weighted by Crippen LogP contribution is -2.35. The number of benzene rings is 1. The Kier molecular flexibility index (Phi) is 9.56. The van der Waals surface area contributed by atoms with Gasteiger partial charge in [0.15, 0.2) is 11.5 Å². The van der Waals surface area contributed by atoms with Gasteiger partial charge in [-0.25, -0.2) is 0 Å². The molecule has 0 fully saturated rings. The Bertz CT molecular complexity index is 388. The third-order valence-corrected chi connectivity index (χ3v) is 3.05. The molecule has 6 heteroatoms. The van der Waals surface area contributed by atoms with Crippen molar-refractivity contribution in [1.82, 2.24) is 21.3 Å². The van der Waals surface area contributed by atoms with Crippen LogP contribution in [0.25, 0.3) is 0 Å². The molecule has 120 valence electrons. The van der Waals surface area contributed by atoms with Crippen LogP contribution in [0.5, 0.6) is 11.5 Å². The number of phenols is 2. The predicted octanol–water partition coefficient (Wildman–Crippen LogP) is -0.0239. The molecule has 6 N–H and O–H groups in total. The van der Waals surface area contributed by atoms with Crippen LogP contribution in [0.15, 0.2) is 18.2 Å². The summed E-state index contributed by atoms with van der Waals surface area (Å²) in [6, 6.07) is 4.87. The molecule has 0 spiro atoms. The number of hydrogen-bond donors (Lipinski definition) is 6. The molecule has 6 nitrogen and oxygen atoms in total. The van der Waals surface area contributed by atoms with E-state index in [0.29, 0.717) is 6.54 Å². The molecule has 0 amide bonds. The SMILES string of the molecule is CCNCCNCCNCCNCc1ccc(O)c(O)c1.